The molecule has 1 rings (SSSR count). The smallest absolute Gasteiger partial charge is 0.408 e. The van der Waals surface area contributed by atoms with E-state index in [1.807, 2.05) is 0 Å². The van der Waals surface area contributed by atoms with Crippen molar-refractivity contribution in [3.8, 4) is 0 Å². The second-order valence-electron chi connectivity index (χ2n) is 5.94. The topological polar surface area (TPSA) is 111 Å². The summed E-state index contributed by atoms with van der Waals surface area (Å²) >= 11 is 0. The lowest BCUT2D eigenvalue weighted by Gasteiger charge is -2.33. The molecular weight excluding hydrogens is 290 g/mol. The summed E-state index contributed by atoms with van der Waals surface area (Å²) in [5.41, 5.74) is 4.52. The van der Waals surface area contributed by atoms with E-state index in [1.54, 1.807) is 13.8 Å². The maximum Gasteiger partial charge on any atom is 0.408 e. The van der Waals surface area contributed by atoms with Gasteiger partial charge in [-0.1, -0.05) is 0 Å². The fraction of sp³-hybridized carbons (Fsp3) is 0.786. The van der Waals surface area contributed by atoms with Gasteiger partial charge < -0.3 is 25.4 Å². The minimum absolute atomic E-state index is 0.230. The predicted molar refractivity (Wildman–Crippen MR) is 79.0 cm³/mol. The molecule has 3 N–H and O–H groups in total. The van der Waals surface area contributed by atoms with Crippen LogP contribution >= 0.6 is 0 Å². The zero-order valence-electron chi connectivity index (χ0n) is 13.4. The zero-order chi connectivity index (χ0) is 16.8. The molecule has 0 aromatic carbocycles. The van der Waals surface area contributed by atoms with E-state index in [2.05, 4.69) is 5.32 Å². The SMILES string of the molecule is COCC(C)(C)OC(=O)NCC(=O)N1CCCC[C@H]1C(N)=O. The molecule has 0 radical (unpaired) electrons. The van der Waals surface area contributed by atoms with E-state index < -0.39 is 23.6 Å². The van der Waals surface area contributed by atoms with Gasteiger partial charge >= 0.3 is 6.09 Å². The lowest BCUT2D eigenvalue weighted by Crippen LogP contribution is -2.53. The number of carbonyl (C=O) groups is 3. The summed E-state index contributed by atoms with van der Waals surface area (Å²) in [5, 5.41) is 2.39. The summed E-state index contributed by atoms with van der Waals surface area (Å²) in [7, 11) is 1.51. The second kappa shape index (κ2) is 7.98. The molecule has 1 aliphatic rings. The lowest BCUT2D eigenvalue weighted by atomic mass is 10.0. The van der Waals surface area contributed by atoms with Crippen LogP contribution in [-0.4, -0.2) is 61.3 Å². The number of ether oxygens (including phenoxy) is 2. The zero-order valence-corrected chi connectivity index (χ0v) is 13.4. The van der Waals surface area contributed by atoms with Crippen LogP contribution in [0.4, 0.5) is 4.79 Å². The van der Waals surface area contributed by atoms with Crippen LogP contribution in [0.3, 0.4) is 0 Å². The predicted octanol–water partition coefficient (Wildman–Crippen LogP) is 0.00400. The van der Waals surface area contributed by atoms with Gasteiger partial charge in [0.2, 0.25) is 11.8 Å². The maximum atomic E-state index is 12.1. The number of carbonyl (C=O) groups excluding carboxylic acids is 3. The van der Waals surface area contributed by atoms with Crippen molar-refractivity contribution in [3.63, 3.8) is 0 Å². The summed E-state index contributed by atoms with van der Waals surface area (Å²) in [6, 6.07) is -0.594. The molecule has 8 heteroatoms. The quantitative estimate of drug-likeness (QED) is 0.717. The van der Waals surface area contributed by atoms with Gasteiger partial charge in [-0.15, -0.1) is 0 Å². The lowest BCUT2D eigenvalue weighted by molar-refractivity contribution is -0.140. The average molecular weight is 315 g/mol. The fourth-order valence-corrected chi connectivity index (χ4v) is 2.44. The fourth-order valence-electron chi connectivity index (χ4n) is 2.44. The Balaban J connectivity index is 2.47. The largest absolute Gasteiger partial charge is 0.441 e. The second-order valence-corrected chi connectivity index (χ2v) is 5.94. The van der Waals surface area contributed by atoms with Crippen molar-refractivity contribution in [2.75, 3.05) is 26.8 Å². The first kappa shape index (κ1) is 18.2. The highest BCUT2D eigenvalue weighted by molar-refractivity contribution is 5.88. The number of methoxy groups -OCH3 is 1. The number of rotatable bonds is 6. The minimum Gasteiger partial charge on any atom is -0.441 e. The number of amides is 3. The number of likely N-dealkylation sites (tertiary alicyclic amines) is 1. The van der Waals surface area contributed by atoms with Gasteiger partial charge in [0.05, 0.1) is 6.61 Å². The first-order valence-corrected chi connectivity index (χ1v) is 7.31. The van der Waals surface area contributed by atoms with Gasteiger partial charge in [0.15, 0.2) is 0 Å². The normalized spacial score (nSPS) is 18.7. The summed E-state index contributed by atoms with van der Waals surface area (Å²) in [5.74, 6) is -0.859. The Labute approximate surface area is 130 Å². The summed E-state index contributed by atoms with van der Waals surface area (Å²) in [6.07, 6.45) is 1.54. The van der Waals surface area contributed by atoms with Crippen LogP contribution in [0.1, 0.15) is 33.1 Å². The molecule has 1 aliphatic heterocycles. The molecule has 126 valence electrons. The van der Waals surface area contributed by atoms with Crippen LogP contribution in [0.25, 0.3) is 0 Å². The summed E-state index contributed by atoms with van der Waals surface area (Å²) in [4.78, 5) is 36.6. The molecule has 0 unspecified atom stereocenters. The number of nitrogens with one attached hydrogen (secondary N) is 1. The molecule has 1 heterocycles. The van der Waals surface area contributed by atoms with E-state index in [9.17, 15) is 14.4 Å². The molecule has 8 nitrogen and oxygen atoms in total. The third-order valence-electron chi connectivity index (χ3n) is 3.40. The van der Waals surface area contributed by atoms with Gasteiger partial charge in [0, 0.05) is 13.7 Å². The molecule has 3 amide bonds. The van der Waals surface area contributed by atoms with Crippen LogP contribution in [0.15, 0.2) is 0 Å². The molecule has 0 bridgehead atoms. The van der Waals surface area contributed by atoms with Gasteiger partial charge in [-0.3, -0.25) is 9.59 Å². The van der Waals surface area contributed by atoms with Crippen molar-refractivity contribution in [2.45, 2.75) is 44.8 Å². The van der Waals surface area contributed by atoms with Crippen molar-refractivity contribution in [1.29, 1.82) is 0 Å². The van der Waals surface area contributed by atoms with E-state index in [-0.39, 0.29) is 19.1 Å². The van der Waals surface area contributed by atoms with Crippen molar-refractivity contribution in [1.82, 2.24) is 10.2 Å². The van der Waals surface area contributed by atoms with Crippen molar-refractivity contribution in [2.24, 2.45) is 5.73 Å². The van der Waals surface area contributed by atoms with E-state index in [1.165, 1.54) is 12.0 Å². The van der Waals surface area contributed by atoms with E-state index >= 15 is 0 Å². The Bertz CT molecular complexity index is 425. The van der Waals surface area contributed by atoms with E-state index in [4.69, 9.17) is 15.2 Å². The monoisotopic (exact) mass is 315 g/mol. The summed E-state index contributed by atoms with van der Waals surface area (Å²) < 4.78 is 10.1. The standard InChI is InChI=1S/C14H25N3O5/c1-14(2,9-21-3)22-13(20)16-8-11(18)17-7-5-4-6-10(17)12(15)19/h10H,4-9H2,1-3H3,(H2,15,19)(H,16,20)/t10-/m0/s1. The molecule has 1 atom stereocenters. The highest BCUT2D eigenvalue weighted by atomic mass is 16.6. The number of primary amides is 1. The maximum absolute atomic E-state index is 12.1. The van der Waals surface area contributed by atoms with Crippen molar-refractivity contribution >= 4 is 17.9 Å². The Morgan fingerprint density at radius 2 is 2.00 bits per heavy atom. The number of alkyl carbamates (subject to hydrolysis) is 1. The van der Waals surface area contributed by atoms with Gasteiger partial charge in [-0.2, -0.15) is 0 Å². The van der Waals surface area contributed by atoms with Gasteiger partial charge in [0.25, 0.3) is 0 Å². The number of nitrogens with zero attached hydrogens (tertiary/aromatic N) is 1. The molecular formula is C14H25N3O5. The van der Waals surface area contributed by atoms with E-state index in [0.717, 1.165) is 12.8 Å². The number of piperidine rings is 1. The highest BCUT2D eigenvalue weighted by Crippen LogP contribution is 2.16. The molecule has 0 aliphatic carbocycles. The van der Waals surface area contributed by atoms with Crippen LogP contribution in [0.5, 0.6) is 0 Å². The number of nitrogens with two attached hydrogens (primary N) is 1. The van der Waals surface area contributed by atoms with Crippen molar-refractivity contribution in [3.05, 3.63) is 0 Å². The van der Waals surface area contributed by atoms with Crippen LogP contribution in [0, 0.1) is 0 Å². The Morgan fingerprint density at radius 3 is 2.59 bits per heavy atom. The van der Waals surface area contributed by atoms with Gasteiger partial charge in [0.1, 0.15) is 18.2 Å². The Morgan fingerprint density at radius 1 is 1.32 bits per heavy atom. The first-order valence-electron chi connectivity index (χ1n) is 7.31. The third kappa shape index (κ3) is 5.51. The summed E-state index contributed by atoms with van der Waals surface area (Å²) in [6.45, 7) is 3.88. The number of hydrogen-bond acceptors (Lipinski definition) is 5. The van der Waals surface area contributed by atoms with Crippen LogP contribution in [-0.2, 0) is 19.1 Å². The minimum atomic E-state index is -0.789. The highest BCUT2D eigenvalue weighted by Gasteiger charge is 2.31. The number of hydrogen-bond donors (Lipinski definition) is 2. The molecule has 0 spiro atoms. The molecule has 1 fully saturated rings. The molecule has 22 heavy (non-hydrogen) atoms. The third-order valence-corrected chi connectivity index (χ3v) is 3.40. The molecule has 0 aromatic heterocycles. The van der Waals surface area contributed by atoms with Crippen LogP contribution < -0.4 is 11.1 Å². The van der Waals surface area contributed by atoms with Gasteiger partial charge in [-0.25, -0.2) is 4.79 Å². The van der Waals surface area contributed by atoms with Crippen molar-refractivity contribution < 1.29 is 23.9 Å². The van der Waals surface area contributed by atoms with Crippen LogP contribution in [0.2, 0.25) is 0 Å². The van der Waals surface area contributed by atoms with E-state index in [0.29, 0.717) is 13.0 Å². The molecule has 0 aromatic rings. The Kier molecular flexibility index (Phi) is 6.61. The Hall–Kier alpha value is -1.83. The van der Waals surface area contributed by atoms with Gasteiger partial charge in [-0.05, 0) is 33.1 Å². The first-order chi connectivity index (χ1) is 10.3. The molecule has 1 saturated heterocycles. The molecule has 0 saturated carbocycles. The average Bonchev–Trinajstić information content (AvgIpc) is 2.44.